The number of rotatable bonds is 5. The molecule has 2 rings (SSSR count). The van der Waals surface area contributed by atoms with Gasteiger partial charge in [0, 0.05) is 6.42 Å². The van der Waals surface area contributed by atoms with Crippen LogP contribution in [-0.2, 0) is 14.3 Å². The average molecular weight is 346 g/mol. The highest BCUT2D eigenvalue weighted by atomic mass is 35.5. The first kappa shape index (κ1) is 16.9. The summed E-state index contributed by atoms with van der Waals surface area (Å²) in [6, 6.07) is 5.38. The molecule has 5 nitrogen and oxygen atoms in total. The molecule has 120 valence electrons. The van der Waals surface area contributed by atoms with Crippen molar-refractivity contribution in [2.75, 3.05) is 19.0 Å². The van der Waals surface area contributed by atoms with Crippen LogP contribution in [-0.4, -0.2) is 29.9 Å². The van der Waals surface area contributed by atoms with Crippen molar-refractivity contribution in [1.82, 2.24) is 0 Å². The predicted molar refractivity (Wildman–Crippen MR) is 84.5 cm³/mol. The Balaban J connectivity index is 1.92. The molecule has 1 N–H and O–H groups in total. The first-order chi connectivity index (χ1) is 10.2. The van der Waals surface area contributed by atoms with Gasteiger partial charge in [0.1, 0.15) is 15.5 Å². The van der Waals surface area contributed by atoms with Gasteiger partial charge in [-0.05, 0) is 31.5 Å². The quantitative estimate of drug-likeness (QED) is 0.657. The molecule has 1 aliphatic rings. The Hall–Kier alpha value is -1.46. The van der Waals surface area contributed by atoms with Gasteiger partial charge in [-0.2, -0.15) is 0 Å². The molecular formula is C15H17Cl2NO4. The van der Waals surface area contributed by atoms with E-state index in [2.05, 4.69) is 5.32 Å². The highest BCUT2D eigenvalue weighted by molar-refractivity contribution is 6.53. The zero-order valence-corrected chi connectivity index (χ0v) is 14.0. The molecular weight excluding hydrogens is 329 g/mol. The lowest BCUT2D eigenvalue weighted by Gasteiger charge is -2.13. The maximum Gasteiger partial charge on any atom is 0.315 e. The topological polar surface area (TPSA) is 64.6 Å². The van der Waals surface area contributed by atoms with Crippen molar-refractivity contribution in [3.8, 4) is 5.75 Å². The van der Waals surface area contributed by atoms with E-state index in [-0.39, 0.29) is 0 Å². The monoisotopic (exact) mass is 345 g/mol. The van der Waals surface area contributed by atoms with E-state index in [1.54, 1.807) is 19.1 Å². The van der Waals surface area contributed by atoms with E-state index in [0.29, 0.717) is 17.9 Å². The van der Waals surface area contributed by atoms with E-state index in [1.807, 2.05) is 13.0 Å². The van der Waals surface area contributed by atoms with E-state index in [1.165, 1.54) is 7.11 Å². The highest BCUT2D eigenvalue weighted by Crippen LogP contribution is 2.64. The van der Waals surface area contributed by atoms with Crippen molar-refractivity contribution >= 4 is 40.8 Å². The van der Waals surface area contributed by atoms with E-state index < -0.39 is 28.2 Å². The van der Waals surface area contributed by atoms with Crippen LogP contribution in [0.25, 0.3) is 0 Å². The van der Waals surface area contributed by atoms with Gasteiger partial charge in [0.2, 0.25) is 0 Å². The van der Waals surface area contributed by atoms with Gasteiger partial charge in [-0.15, -0.1) is 23.2 Å². The summed E-state index contributed by atoms with van der Waals surface area (Å²) in [7, 11) is 1.51. The number of benzene rings is 1. The van der Waals surface area contributed by atoms with E-state index in [9.17, 15) is 9.59 Å². The van der Waals surface area contributed by atoms with Crippen LogP contribution >= 0.6 is 23.2 Å². The average Bonchev–Trinajstić information content (AvgIpc) is 2.96. The van der Waals surface area contributed by atoms with Crippen molar-refractivity contribution in [2.24, 2.45) is 5.41 Å². The van der Waals surface area contributed by atoms with Gasteiger partial charge in [-0.3, -0.25) is 9.59 Å². The van der Waals surface area contributed by atoms with E-state index >= 15 is 0 Å². The van der Waals surface area contributed by atoms with Crippen LogP contribution in [0.1, 0.15) is 18.9 Å². The van der Waals surface area contributed by atoms with Gasteiger partial charge in [-0.25, -0.2) is 0 Å². The maximum atomic E-state index is 11.9. The number of alkyl halides is 2. The number of hydrogen-bond donors (Lipinski definition) is 1. The minimum Gasteiger partial charge on any atom is -0.495 e. The van der Waals surface area contributed by atoms with Gasteiger partial charge in [-0.1, -0.05) is 6.07 Å². The fraction of sp³-hybridized carbons (Fsp3) is 0.467. The minimum atomic E-state index is -1.11. The fourth-order valence-electron chi connectivity index (χ4n) is 2.02. The standard InChI is InChI=1S/C15H17Cl2NO4/c1-9-4-5-11(21-3)10(6-9)18-12(19)7-22-13(20)14(2)8-15(14,16)17/h4-6H,7-8H2,1-3H3,(H,18,19). The molecule has 0 heterocycles. The molecule has 0 bridgehead atoms. The van der Waals surface area contributed by atoms with Crippen LogP contribution in [0.15, 0.2) is 18.2 Å². The number of nitrogens with one attached hydrogen (secondary N) is 1. The molecule has 22 heavy (non-hydrogen) atoms. The molecule has 1 aromatic rings. The van der Waals surface area contributed by atoms with Crippen LogP contribution in [0.4, 0.5) is 5.69 Å². The summed E-state index contributed by atoms with van der Waals surface area (Å²) in [5.41, 5.74) is 0.537. The smallest absolute Gasteiger partial charge is 0.315 e. The van der Waals surface area contributed by atoms with Crippen molar-refractivity contribution in [3.05, 3.63) is 23.8 Å². The second-order valence-corrected chi connectivity index (χ2v) is 7.03. The largest absolute Gasteiger partial charge is 0.495 e. The Morgan fingerprint density at radius 1 is 1.36 bits per heavy atom. The number of ether oxygens (including phenoxy) is 2. The predicted octanol–water partition coefficient (Wildman–Crippen LogP) is 3.07. The van der Waals surface area contributed by atoms with Crippen LogP contribution in [0.3, 0.4) is 0 Å². The van der Waals surface area contributed by atoms with Crippen molar-refractivity contribution in [3.63, 3.8) is 0 Å². The first-order valence-corrected chi connectivity index (χ1v) is 7.45. The Morgan fingerprint density at radius 2 is 2.00 bits per heavy atom. The molecule has 0 saturated heterocycles. The summed E-state index contributed by atoms with van der Waals surface area (Å²) in [4.78, 5) is 23.8. The zero-order valence-electron chi connectivity index (χ0n) is 12.5. The molecule has 1 unspecified atom stereocenters. The van der Waals surface area contributed by atoms with Gasteiger partial charge in [0.25, 0.3) is 5.91 Å². The number of methoxy groups -OCH3 is 1. The number of carbonyl (C=O) groups excluding carboxylic acids is 2. The van der Waals surface area contributed by atoms with Crippen molar-refractivity contribution in [2.45, 2.75) is 24.6 Å². The summed E-state index contributed by atoms with van der Waals surface area (Å²) >= 11 is 11.8. The van der Waals surface area contributed by atoms with Crippen LogP contribution in [0.5, 0.6) is 5.75 Å². The summed E-state index contributed by atoms with van der Waals surface area (Å²) in [5, 5.41) is 2.64. The Morgan fingerprint density at radius 3 is 2.55 bits per heavy atom. The van der Waals surface area contributed by atoms with Crippen LogP contribution in [0, 0.1) is 12.3 Å². The number of carbonyl (C=O) groups is 2. The Bertz CT molecular complexity index is 618. The highest BCUT2D eigenvalue weighted by Gasteiger charge is 2.69. The van der Waals surface area contributed by atoms with Gasteiger partial charge in [0.05, 0.1) is 12.8 Å². The summed E-state index contributed by atoms with van der Waals surface area (Å²) < 4.78 is 9.03. The fourth-order valence-corrected chi connectivity index (χ4v) is 2.71. The second-order valence-electron chi connectivity index (χ2n) is 5.54. The number of hydrogen-bond acceptors (Lipinski definition) is 4. The summed E-state index contributed by atoms with van der Waals surface area (Å²) in [6.07, 6.45) is 0.315. The number of amides is 1. The van der Waals surface area contributed by atoms with Gasteiger partial charge in [0.15, 0.2) is 6.61 Å². The number of aryl methyl sites for hydroxylation is 1. The molecule has 0 radical (unpaired) electrons. The third-order valence-corrected chi connectivity index (χ3v) is 4.77. The molecule has 7 heteroatoms. The van der Waals surface area contributed by atoms with E-state index in [0.717, 1.165) is 5.56 Å². The molecule has 0 spiro atoms. The second kappa shape index (κ2) is 5.97. The maximum absolute atomic E-state index is 11.9. The normalized spacial score (nSPS) is 21.9. The molecule has 1 fully saturated rings. The molecule has 1 aliphatic carbocycles. The number of halogens is 2. The SMILES string of the molecule is COc1ccc(C)cc1NC(=O)COC(=O)C1(C)CC1(Cl)Cl. The lowest BCUT2D eigenvalue weighted by Crippen LogP contribution is -2.26. The first-order valence-electron chi connectivity index (χ1n) is 6.69. The molecule has 0 aromatic heterocycles. The van der Waals surface area contributed by atoms with Crippen molar-refractivity contribution < 1.29 is 19.1 Å². The van der Waals surface area contributed by atoms with Crippen molar-refractivity contribution in [1.29, 1.82) is 0 Å². The molecule has 1 amide bonds. The van der Waals surface area contributed by atoms with E-state index in [4.69, 9.17) is 32.7 Å². The molecule has 1 atom stereocenters. The molecule has 1 saturated carbocycles. The number of esters is 1. The van der Waals surface area contributed by atoms with Crippen LogP contribution < -0.4 is 10.1 Å². The summed E-state index contributed by atoms with van der Waals surface area (Å²) in [6.45, 7) is 3.09. The lowest BCUT2D eigenvalue weighted by atomic mass is 10.1. The van der Waals surface area contributed by atoms with Gasteiger partial charge >= 0.3 is 5.97 Å². The third-order valence-electron chi connectivity index (χ3n) is 3.67. The Kier molecular flexibility index (Phi) is 4.59. The molecule has 1 aromatic carbocycles. The van der Waals surface area contributed by atoms with Gasteiger partial charge < -0.3 is 14.8 Å². The summed E-state index contributed by atoms with van der Waals surface area (Å²) in [5.74, 6) is -0.514. The minimum absolute atomic E-state index is 0.315. The third kappa shape index (κ3) is 3.31. The zero-order chi connectivity index (χ0) is 16.5. The Labute approximate surface area is 138 Å². The molecule has 0 aliphatic heterocycles. The lowest BCUT2D eigenvalue weighted by molar-refractivity contribution is -0.152. The number of anilines is 1. The van der Waals surface area contributed by atoms with Crippen LogP contribution in [0.2, 0.25) is 0 Å².